The monoisotopic (exact) mass is 580 g/mol. The Labute approximate surface area is 239 Å². The summed E-state index contributed by atoms with van der Waals surface area (Å²) in [6.07, 6.45) is 4.48. The molecule has 0 bridgehead atoms. The van der Waals surface area contributed by atoms with Gasteiger partial charge in [0, 0.05) is 13.0 Å². The van der Waals surface area contributed by atoms with Crippen molar-refractivity contribution in [2.45, 2.75) is 69.1 Å². The lowest BCUT2D eigenvalue weighted by molar-refractivity contribution is -0.142. The van der Waals surface area contributed by atoms with Crippen molar-refractivity contribution in [2.75, 3.05) is 25.1 Å². The molecule has 0 saturated carbocycles. The Morgan fingerprint density at radius 3 is 2.05 bits per heavy atom. The van der Waals surface area contributed by atoms with Gasteiger partial charge in [-0.15, -0.1) is 0 Å². The number of carboxylic acids is 1. The van der Waals surface area contributed by atoms with Crippen molar-refractivity contribution in [1.29, 1.82) is 0 Å². The number of carbonyl (C=O) groups excluding carboxylic acids is 3. The van der Waals surface area contributed by atoms with Crippen LogP contribution < -0.4 is 38.9 Å². The van der Waals surface area contributed by atoms with E-state index in [1.807, 2.05) is 12.3 Å². The Balaban J connectivity index is 2.93. The summed E-state index contributed by atoms with van der Waals surface area (Å²) in [5.74, 6) is -2.39. The number of nitrogens with two attached hydrogens (primary N) is 4. The maximum absolute atomic E-state index is 13.3. The first-order valence-corrected chi connectivity index (χ1v) is 14.7. The van der Waals surface area contributed by atoms with Gasteiger partial charge in [0.1, 0.15) is 18.1 Å². The summed E-state index contributed by atoms with van der Waals surface area (Å²) in [5.41, 5.74) is 22.9. The number of aliphatic carboxylic acids is 1. The lowest BCUT2D eigenvalue weighted by Crippen LogP contribution is -2.57. The van der Waals surface area contributed by atoms with Gasteiger partial charge in [-0.3, -0.25) is 19.4 Å². The molecule has 13 nitrogen and oxygen atoms in total. The predicted molar refractivity (Wildman–Crippen MR) is 157 cm³/mol. The van der Waals surface area contributed by atoms with E-state index in [2.05, 4.69) is 20.9 Å². The minimum Gasteiger partial charge on any atom is -0.480 e. The number of guanidine groups is 1. The summed E-state index contributed by atoms with van der Waals surface area (Å²) >= 11 is 1.48. The minimum absolute atomic E-state index is 0.0514. The van der Waals surface area contributed by atoms with Gasteiger partial charge < -0.3 is 44.0 Å². The van der Waals surface area contributed by atoms with Crippen LogP contribution in [0.5, 0.6) is 0 Å². The fraction of sp³-hybridized carbons (Fsp3) is 0.577. The highest BCUT2D eigenvalue weighted by Gasteiger charge is 2.30. The number of unbranched alkanes of at least 4 members (excludes halogenated alkanes) is 1. The first-order valence-electron chi connectivity index (χ1n) is 13.3. The third-order valence-electron chi connectivity index (χ3n) is 6.03. The van der Waals surface area contributed by atoms with Crippen molar-refractivity contribution in [2.24, 2.45) is 27.9 Å². The second kappa shape index (κ2) is 19.7. The molecule has 0 aromatic heterocycles. The van der Waals surface area contributed by atoms with E-state index < -0.39 is 47.9 Å². The van der Waals surface area contributed by atoms with Crippen LogP contribution in [0.3, 0.4) is 0 Å². The minimum atomic E-state index is -1.19. The normalized spacial score (nSPS) is 13.8. The number of aliphatic imine (C=N–C) groups is 1. The van der Waals surface area contributed by atoms with Gasteiger partial charge in [0.05, 0.1) is 6.04 Å². The summed E-state index contributed by atoms with van der Waals surface area (Å²) in [6, 6.07) is 4.91. The zero-order chi connectivity index (χ0) is 29.9. The van der Waals surface area contributed by atoms with Crippen LogP contribution in [0.15, 0.2) is 35.3 Å². The molecule has 4 unspecified atom stereocenters. The maximum Gasteiger partial charge on any atom is 0.326 e. The van der Waals surface area contributed by atoms with Gasteiger partial charge in [0.2, 0.25) is 17.7 Å². The van der Waals surface area contributed by atoms with Crippen LogP contribution in [0.2, 0.25) is 0 Å². The van der Waals surface area contributed by atoms with Crippen molar-refractivity contribution < 1.29 is 24.3 Å². The molecule has 12 N–H and O–H groups in total. The van der Waals surface area contributed by atoms with E-state index in [1.165, 1.54) is 11.8 Å². The molecule has 1 aromatic carbocycles. The molecule has 0 fully saturated rings. The zero-order valence-corrected chi connectivity index (χ0v) is 23.8. The van der Waals surface area contributed by atoms with E-state index in [1.54, 1.807) is 24.3 Å². The predicted octanol–water partition coefficient (Wildman–Crippen LogP) is -0.969. The maximum atomic E-state index is 13.3. The number of nitrogens with zero attached hydrogens (tertiary/aromatic N) is 1. The summed E-state index contributed by atoms with van der Waals surface area (Å²) in [6.45, 7) is 0.737. The molecule has 40 heavy (non-hydrogen) atoms. The molecule has 4 atom stereocenters. The zero-order valence-electron chi connectivity index (χ0n) is 23.0. The van der Waals surface area contributed by atoms with E-state index >= 15 is 0 Å². The van der Waals surface area contributed by atoms with Crippen LogP contribution in [-0.2, 0) is 25.6 Å². The van der Waals surface area contributed by atoms with E-state index in [0.717, 1.165) is 5.56 Å². The fourth-order valence-corrected chi connectivity index (χ4v) is 4.26. The number of amides is 3. The van der Waals surface area contributed by atoms with Crippen LogP contribution in [0.25, 0.3) is 0 Å². The third kappa shape index (κ3) is 14.1. The van der Waals surface area contributed by atoms with Gasteiger partial charge in [-0.05, 0) is 62.6 Å². The van der Waals surface area contributed by atoms with Crippen molar-refractivity contribution in [3.63, 3.8) is 0 Å². The van der Waals surface area contributed by atoms with Crippen LogP contribution in [0.4, 0.5) is 0 Å². The molecular formula is C26H44N8O5S. The number of carbonyl (C=O) groups is 4. The number of hydrogen-bond acceptors (Lipinski definition) is 8. The number of hydrogen-bond donors (Lipinski definition) is 8. The summed E-state index contributed by atoms with van der Waals surface area (Å²) in [5, 5.41) is 17.6. The van der Waals surface area contributed by atoms with Crippen molar-refractivity contribution in [1.82, 2.24) is 16.0 Å². The Hall–Kier alpha value is -3.36. The van der Waals surface area contributed by atoms with Crippen LogP contribution in [-0.4, -0.2) is 84.0 Å². The SMILES string of the molecule is CSCCC(NC(=O)C(CCCCN)NC(=O)C(N)CCCN=C(N)N)C(=O)NC(Cc1ccccc1)C(=O)O. The molecule has 0 aliphatic heterocycles. The lowest BCUT2D eigenvalue weighted by atomic mass is 10.0. The van der Waals surface area contributed by atoms with Gasteiger partial charge >= 0.3 is 5.97 Å². The van der Waals surface area contributed by atoms with Crippen molar-refractivity contribution in [3.05, 3.63) is 35.9 Å². The van der Waals surface area contributed by atoms with Gasteiger partial charge in [-0.25, -0.2) is 4.79 Å². The third-order valence-corrected chi connectivity index (χ3v) is 6.67. The molecule has 0 radical (unpaired) electrons. The highest BCUT2D eigenvalue weighted by molar-refractivity contribution is 7.98. The molecule has 0 spiro atoms. The highest BCUT2D eigenvalue weighted by atomic mass is 32.2. The summed E-state index contributed by atoms with van der Waals surface area (Å²) < 4.78 is 0. The van der Waals surface area contributed by atoms with E-state index in [-0.39, 0.29) is 25.2 Å². The van der Waals surface area contributed by atoms with Crippen LogP contribution in [0, 0.1) is 0 Å². The topological polar surface area (TPSA) is 241 Å². The average Bonchev–Trinajstić information content (AvgIpc) is 2.92. The largest absolute Gasteiger partial charge is 0.480 e. The quantitative estimate of drug-likeness (QED) is 0.0533. The number of rotatable bonds is 20. The number of carboxylic acid groups (broad SMARTS) is 1. The first-order chi connectivity index (χ1) is 19.1. The van der Waals surface area contributed by atoms with Crippen LogP contribution >= 0.6 is 11.8 Å². The highest BCUT2D eigenvalue weighted by Crippen LogP contribution is 2.08. The molecule has 0 saturated heterocycles. The smallest absolute Gasteiger partial charge is 0.326 e. The molecule has 1 aromatic rings. The lowest BCUT2D eigenvalue weighted by Gasteiger charge is -2.25. The van der Waals surface area contributed by atoms with E-state index in [0.29, 0.717) is 44.5 Å². The van der Waals surface area contributed by atoms with Gasteiger partial charge in [-0.1, -0.05) is 30.3 Å². The molecular weight excluding hydrogens is 536 g/mol. The molecule has 224 valence electrons. The molecule has 0 heterocycles. The van der Waals surface area contributed by atoms with Gasteiger partial charge in [-0.2, -0.15) is 11.8 Å². The summed E-state index contributed by atoms with van der Waals surface area (Å²) in [7, 11) is 0. The number of nitrogens with one attached hydrogen (secondary N) is 3. The second-order valence-corrected chi connectivity index (χ2v) is 10.3. The van der Waals surface area contributed by atoms with E-state index in [9.17, 15) is 24.3 Å². The fourth-order valence-electron chi connectivity index (χ4n) is 3.79. The average molecular weight is 581 g/mol. The Morgan fingerprint density at radius 1 is 0.875 bits per heavy atom. The van der Waals surface area contributed by atoms with Crippen LogP contribution in [0.1, 0.15) is 44.1 Å². The van der Waals surface area contributed by atoms with E-state index in [4.69, 9.17) is 22.9 Å². The molecule has 0 aliphatic carbocycles. The first kappa shape index (κ1) is 34.7. The van der Waals surface area contributed by atoms with Gasteiger partial charge in [0.15, 0.2) is 5.96 Å². The van der Waals surface area contributed by atoms with Crippen molar-refractivity contribution >= 4 is 41.4 Å². The molecule has 14 heteroatoms. The van der Waals surface area contributed by atoms with Crippen molar-refractivity contribution in [3.8, 4) is 0 Å². The van der Waals surface area contributed by atoms with Gasteiger partial charge in [0.25, 0.3) is 0 Å². The number of benzene rings is 1. The standard InChI is InChI=1S/C26H44N8O5S/c1-40-15-12-20(24(37)34-21(25(38)39)16-17-8-3-2-4-9-17)33-23(36)19(11-5-6-13-27)32-22(35)18(28)10-7-14-31-26(29)30/h2-4,8-9,18-21H,5-7,10-16,27-28H2,1H3,(H,32,35)(H,33,36)(H,34,37)(H,38,39)(H4,29,30,31). The number of thioether (sulfide) groups is 1. The molecule has 1 rings (SSSR count). The Kier molecular flexibility index (Phi) is 17.0. The second-order valence-electron chi connectivity index (χ2n) is 9.33. The molecule has 3 amide bonds. The molecule has 0 aliphatic rings. The Morgan fingerprint density at radius 2 is 1.48 bits per heavy atom. The Bertz CT molecular complexity index is 962. The summed E-state index contributed by atoms with van der Waals surface area (Å²) in [4.78, 5) is 54.9.